The van der Waals surface area contributed by atoms with E-state index >= 15 is 0 Å². The summed E-state index contributed by atoms with van der Waals surface area (Å²) in [5.74, 6) is -0.255. The van der Waals surface area contributed by atoms with Crippen LogP contribution in [0.5, 0.6) is 0 Å². The Hall–Kier alpha value is -1.72. The van der Waals surface area contributed by atoms with Crippen LogP contribution in [0.2, 0.25) is 0 Å². The van der Waals surface area contributed by atoms with E-state index in [1.807, 2.05) is 25.6 Å². The predicted octanol–water partition coefficient (Wildman–Crippen LogP) is 2.70. The van der Waals surface area contributed by atoms with Crippen LogP contribution in [-0.2, 0) is 0 Å². The summed E-state index contributed by atoms with van der Waals surface area (Å²) in [6.07, 6.45) is 7.25. The average molecular weight is 303 g/mol. The van der Waals surface area contributed by atoms with Crippen molar-refractivity contribution in [1.29, 1.82) is 0 Å². The fourth-order valence-corrected chi connectivity index (χ4v) is 3.24. The Morgan fingerprint density at radius 1 is 1.36 bits per heavy atom. The van der Waals surface area contributed by atoms with E-state index in [9.17, 15) is 9.50 Å². The number of aliphatic hydroxyl groups excluding tert-OH is 1. The molecule has 1 unspecified atom stereocenters. The highest BCUT2D eigenvalue weighted by molar-refractivity contribution is 5.28. The minimum Gasteiger partial charge on any atom is -0.387 e. The van der Waals surface area contributed by atoms with Gasteiger partial charge in [0, 0.05) is 38.1 Å². The Bertz CT molecular complexity index is 606. The summed E-state index contributed by atoms with van der Waals surface area (Å²) >= 11 is 0. The Morgan fingerprint density at radius 2 is 2.14 bits per heavy atom. The van der Waals surface area contributed by atoms with E-state index in [1.165, 1.54) is 12.1 Å². The third-order valence-electron chi connectivity index (χ3n) is 4.53. The molecule has 5 heteroatoms. The molecule has 2 heterocycles. The van der Waals surface area contributed by atoms with E-state index in [-0.39, 0.29) is 5.82 Å². The first-order chi connectivity index (χ1) is 10.6. The van der Waals surface area contributed by atoms with Crippen molar-refractivity contribution < 1.29 is 9.50 Å². The van der Waals surface area contributed by atoms with Crippen molar-refractivity contribution in [3.8, 4) is 0 Å². The van der Waals surface area contributed by atoms with Gasteiger partial charge in [-0.2, -0.15) is 0 Å². The lowest BCUT2D eigenvalue weighted by Crippen LogP contribution is -2.37. The second-order valence-corrected chi connectivity index (χ2v) is 6.06. The summed E-state index contributed by atoms with van der Waals surface area (Å²) in [6.45, 7) is 4.36. The van der Waals surface area contributed by atoms with Crippen LogP contribution in [0, 0.1) is 12.7 Å². The van der Waals surface area contributed by atoms with Gasteiger partial charge in [0.05, 0.1) is 12.4 Å². The van der Waals surface area contributed by atoms with Crippen LogP contribution in [0.25, 0.3) is 0 Å². The van der Waals surface area contributed by atoms with Gasteiger partial charge in [-0.1, -0.05) is 6.07 Å². The molecular weight excluding hydrogens is 281 g/mol. The molecule has 1 aromatic heterocycles. The van der Waals surface area contributed by atoms with Crippen molar-refractivity contribution in [3.63, 3.8) is 0 Å². The SMILES string of the molecule is Cc1cc(F)ccc1C(O)CN1CCC(n2ccnc2)CC1. The molecule has 118 valence electrons. The van der Waals surface area contributed by atoms with Crippen molar-refractivity contribution >= 4 is 0 Å². The third kappa shape index (κ3) is 3.36. The number of hydrogen-bond donors (Lipinski definition) is 1. The molecule has 1 atom stereocenters. The Balaban J connectivity index is 1.56. The molecule has 1 N–H and O–H groups in total. The molecule has 0 radical (unpaired) electrons. The van der Waals surface area contributed by atoms with Crippen molar-refractivity contribution in [3.05, 3.63) is 53.9 Å². The molecule has 0 spiro atoms. The zero-order valence-electron chi connectivity index (χ0n) is 12.8. The summed E-state index contributed by atoms with van der Waals surface area (Å²) < 4.78 is 15.3. The number of β-amino-alcohol motifs (C(OH)–C–C–N with tert-alkyl or cyclic N) is 1. The normalized spacial score (nSPS) is 18.5. The molecule has 0 saturated carbocycles. The van der Waals surface area contributed by atoms with Gasteiger partial charge >= 0.3 is 0 Å². The van der Waals surface area contributed by atoms with Crippen LogP contribution in [0.4, 0.5) is 4.39 Å². The maximum atomic E-state index is 13.1. The van der Waals surface area contributed by atoms with Gasteiger partial charge in [-0.25, -0.2) is 9.37 Å². The van der Waals surface area contributed by atoms with Gasteiger partial charge in [0.2, 0.25) is 0 Å². The molecule has 1 fully saturated rings. The maximum Gasteiger partial charge on any atom is 0.123 e. The highest BCUT2D eigenvalue weighted by Crippen LogP contribution is 2.25. The number of benzene rings is 1. The van der Waals surface area contributed by atoms with Crippen LogP contribution >= 0.6 is 0 Å². The predicted molar refractivity (Wildman–Crippen MR) is 83.0 cm³/mol. The second-order valence-electron chi connectivity index (χ2n) is 6.06. The van der Waals surface area contributed by atoms with E-state index < -0.39 is 6.10 Å². The fraction of sp³-hybridized carbons (Fsp3) is 0.471. The number of nitrogens with zero attached hydrogens (tertiary/aromatic N) is 3. The highest BCUT2D eigenvalue weighted by Gasteiger charge is 2.22. The van der Waals surface area contributed by atoms with Crippen LogP contribution in [0.15, 0.2) is 36.9 Å². The molecule has 0 bridgehead atoms. The third-order valence-corrected chi connectivity index (χ3v) is 4.53. The molecule has 4 nitrogen and oxygen atoms in total. The number of halogens is 1. The Labute approximate surface area is 130 Å². The van der Waals surface area contributed by atoms with Gasteiger partial charge in [-0.15, -0.1) is 0 Å². The number of likely N-dealkylation sites (tertiary alicyclic amines) is 1. The largest absolute Gasteiger partial charge is 0.387 e. The molecule has 1 aliphatic heterocycles. The second kappa shape index (κ2) is 6.58. The lowest BCUT2D eigenvalue weighted by molar-refractivity contribution is 0.0901. The van der Waals surface area contributed by atoms with Gasteiger partial charge in [0.15, 0.2) is 0 Å². The summed E-state index contributed by atoms with van der Waals surface area (Å²) in [6, 6.07) is 5.08. The average Bonchev–Trinajstić information content (AvgIpc) is 3.02. The fourth-order valence-electron chi connectivity index (χ4n) is 3.24. The first-order valence-electron chi connectivity index (χ1n) is 7.77. The summed E-state index contributed by atoms with van der Waals surface area (Å²) in [5, 5.41) is 10.4. The van der Waals surface area contributed by atoms with Gasteiger partial charge in [-0.3, -0.25) is 0 Å². The Morgan fingerprint density at radius 3 is 2.77 bits per heavy atom. The Kier molecular flexibility index (Phi) is 4.55. The molecule has 1 aliphatic rings. The van der Waals surface area contributed by atoms with Crippen molar-refractivity contribution in [2.75, 3.05) is 19.6 Å². The number of piperidine rings is 1. The van der Waals surface area contributed by atoms with E-state index in [0.717, 1.165) is 37.1 Å². The van der Waals surface area contributed by atoms with Crippen LogP contribution in [0.1, 0.15) is 36.1 Å². The molecule has 0 aliphatic carbocycles. The van der Waals surface area contributed by atoms with Crippen LogP contribution in [0.3, 0.4) is 0 Å². The van der Waals surface area contributed by atoms with Crippen LogP contribution in [-0.4, -0.2) is 39.2 Å². The zero-order chi connectivity index (χ0) is 15.5. The maximum absolute atomic E-state index is 13.1. The summed E-state index contributed by atoms with van der Waals surface area (Å²) in [5.41, 5.74) is 1.62. The lowest BCUT2D eigenvalue weighted by Gasteiger charge is -2.33. The van der Waals surface area contributed by atoms with E-state index in [4.69, 9.17) is 0 Å². The van der Waals surface area contributed by atoms with E-state index in [1.54, 1.807) is 6.07 Å². The monoisotopic (exact) mass is 303 g/mol. The highest BCUT2D eigenvalue weighted by atomic mass is 19.1. The molecule has 3 rings (SSSR count). The molecular formula is C17H22FN3O. The van der Waals surface area contributed by atoms with E-state index in [2.05, 4.69) is 14.5 Å². The van der Waals surface area contributed by atoms with E-state index in [0.29, 0.717) is 12.6 Å². The quantitative estimate of drug-likeness (QED) is 0.944. The number of aryl methyl sites for hydroxylation is 1. The molecule has 1 aromatic carbocycles. The molecule has 1 saturated heterocycles. The molecule has 2 aromatic rings. The number of rotatable bonds is 4. The summed E-state index contributed by atoms with van der Waals surface area (Å²) in [7, 11) is 0. The minimum absolute atomic E-state index is 0.255. The van der Waals surface area contributed by atoms with Crippen molar-refractivity contribution in [2.24, 2.45) is 0 Å². The summed E-state index contributed by atoms with van der Waals surface area (Å²) in [4.78, 5) is 6.38. The van der Waals surface area contributed by atoms with Gasteiger partial charge in [-0.05, 0) is 43.0 Å². The van der Waals surface area contributed by atoms with Crippen molar-refractivity contribution in [2.45, 2.75) is 31.9 Å². The number of hydrogen-bond acceptors (Lipinski definition) is 3. The topological polar surface area (TPSA) is 41.3 Å². The number of imidazole rings is 1. The molecule has 22 heavy (non-hydrogen) atoms. The van der Waals surface area contributed by atoms with Gasteiger partial charge < -0.3 is 14.6 Å². The first-order valence-corrected chi connectivity index (χ1v) is 7.77. The lowest BCUT2D eigenvalue weighted by atomic mass is 10.0. The minimum atomic E-state index is -0.564. The van der Waals surface area contributed by atoms with Crippen LogP contribution < -0.4 is 0 Å². The standard InChI is InChI=1S/C17H22FN3O/c1-13-10-14(18)2-3-16(13)17(22)11-20-7-4-15(5-8-20)21-9-6-19-12-21/h2-3,6,9-10,12,15,17,22H,4-5,7-8,11H2,1H3. The number of aliphatic hydroxyl groups is 1. The van der Waals surface area contributed by atoms with Gasteiger partial charge in [0.25, 0.3) is 0 Å². The smallest absolute Gasteiger partial charge is 0.123 e. The molecule has 0 amide bonds. The van der Waals surface area contributed by atoms with Gasteiger partial charge in [0.1, 0.15) is 5.82 Å². The first kappa shape index (κ1) is 15.2. The zero-order valence-corrected chi connectivity index (χ0v) is 12.8. The number of aromatic nitrogens is 2. The van der Waals surface area contributed by atoms with Crippen molar-refractivity contribution in [1.82, 2.24) is 14.5 Å².